The van der Waals surface area contributed by atoms with Crippen LogP contribution in [-0.4, -0.2) is 22.8 Å². The number of aliphatic hydroxyl groups is 1. The van der Waals surface area contributed by atoms with E-state index in [1.165, 1.54) is 0 Å². The highest BCUT2D eigenvalue weighted by Gasteiger charge is 2.51. The summed E-state index contributed by atoms with van der Waals surface area (Å²) in [6.45, 7) is 7.57. The normalized spacial score (nSPS) is 19.4. The van der Waals surface area contributed by atoms with Crippen LogP contribution in [0.25, 0.3) is 0 Å². The molecule has 0 saturated carbocycles. The maximum Gasteiger partial charge on any atom is 0.264 e. The monoisotopic (exact) mass is 337 g/mol. The van der Waals surface area contributed by atoms with Crippen LogP contribution in [0.4, 0.5) is 5.69 Å². The van der Waals surface area contributed by atoms with Crippen LogP contribution in [-0.2, 0) is 10.4 Å². The first-order valence-electron chi connectivity index (χ1n) is 8.51. The molecular weight excluding hydrogens is 314 g/mol. The van der Waals surface area contributed by atoms with Crippen molar-refractivity contribution in [2.24, 2.45) is 0 Å². The number of aryl methyl sites for hydroxylation is 2. The van der Waals surface area contributed by atoms with Crippen LogP contribution in [0.2, 0.25) is 0 Å². The Balaban J connectivity index is 2.03. The molecule has 1 aliphatic rings. The molecule has 1 heterocycles. The second-order valence-corrected chi connectivity index (χ2v) is 7.06. The van der Waals surface area contributed by atoms with Crippen LogP contribution in [0.5, 0.6) is 0 Å². The molecule has 2 aromatic carbocycles. The second-order valence-electron chi connectivity index (χ2n) is 7.06. The number of amides is 1. The zero-order valence-corrected chi connectivity index (χ0v) is 15.0. The molecule has 1 amide bonds. The van der Waals surface area contributed by atoms with E-state index >= 15 is 0 Å². The lowest BCUT2D eigenvalue weighted by atomic mass is 9.87. The van der Waals surface area contributed by atoms with E-state index in [9.17, 15) is 14.7 Å². The van der Waals surface area contributed by atoms with Crippen LogP contribution in [0.1, 0.15) is 47.3 Å². The predicted octanol–water partition coefficient (Wildman–Crippen LogP) is 3.52. The second kappa shape index (κ2) is 6.12. The van der Waals surface area contributed by atoms with Gasteiger partial charge in [0, 0.05) is 17.2 Å². The minimum atomic E-state index is -1.81. The summed E-state index contributed by atoms with van der Waals surface area (Å²) in [4.78, 5) is 27.4. The lowest BCUT2D eigenvalue weighted by Gasteiger charge is -2.25. The lowest BCUT2D eigenvalue weighted by Crippen LogP contribution is -2.44. The zero-order valence-electron chi connectivity index (χ0n) is 15.0. The summed E-state index contributed by atoms with van der Waals surface area (Å²) in [5.41, 5.74) is 1.75. The zero-order chi connectivity index (χ0) is 18.4. The van der Waals surface area contributed by atoms with Gasteiger partial charge in [0.1, 0.15) is 0 Å². The van der Waals surface area contributed by atoms with Gasteiger partial charge in [0.2, 0.25) is 0 Å². The third-order valence-electron chi connectivity index (χ3n) is 4.81. The SMILES string of the molecule is Cc1ccc(C)c(C(=O)C[C@@]2(O)C(=O)N(C(C)C)c3ccccc32)c1. The Labute approximate surface area is 148 Å². The van der Waals surface area contributed by atoms with Gasteiger partial charge in [0.15, 0.2) is 11.4 Å². The van der Waals surface area contributed by atoms with Gasteiger partial charge in [-0.15, -0.1) is 0 Å². The van der Waals surface area contributed by atoms with Gasteiger partial charge in [0.25, 0.3) is 5.91 Å². The first kappa shape index (κ1) is 17.4. The van der Waals surface area contributed by atoms with Crippen molar-refractivity contribution >= 4 is 17.4 Å². The van der Waals surface area contributed by atoms with E-state index in [2.05, 4.69) is 0 Å². The van der Waals surface area contributed by atoms with E-state index in [1.807, 2.05) is 58.0 Å². The van der Waals surface area contributed by atoms with Crippen molar-refractivity contribution in [3.05, 3.63) is 64.7 Å². The number of anilines is 1. The minimum absolute atomic E-state index is 0.0986. The van der Waals surface area contributed by atoms with E-state index in [1.54, 1.807) is 17.0 Å². The highest BCUT2D eigenvalue weighted by Crippen LogP contribution is 2.43. The Morgan fingerprint density at radius 3 is 2.52 bits per heavy atom. The van der Waals surface area contributed by atoms with E-state index in [-0.39, 0.29) is 18.2 Å². The number of carbonyl (C=O) groups is 2. The number of hydrogen-bond acceptors (Lipinski definition) is 3. The van der Waals surface area contributed by atoms with Gasteiger partial charge >= 0.3 is 0 Å². The molecule has 1 aliphatic heterocycles. The Kier molecular flexibility index (Phi) is 4.25. The lowest BCUT2D eigenvalue weighted by molar-refractivity contribution is -0.136. The number of ketones is 1. The standard InChI is InChI=1S/C21H23NO3/c1-13(2)22-18-8-6-5-7-17(18)21(25,20(22)24)12-19(23)16-11-14(3)9-10-15(16)4/h5-11,13,25H,12H2,1-4H3/t21-/m0/s1. The summed E-state index contributed by atoms with van der Waals surface area (Å²) in [5.74, 6) is -0.653. The third kappa shape index (κ3) is 2.76. The van der Waals surface area contributed by atoms with E-state index in [0.717, 1.165) is 11.1 Å². The number of para-hydroxylation sites is 1. The van der Waals surface area contributed by atoms with Crippen molar-refractivity contribution in [1.82, 2.24) is 0 Å². The Morgan fingerprint density at radius 1 is 1.16 bits per heavy atom. The molecule has 0 unspecified atom stereocenters. The summed E-state index contributed by atoms with van der Waals surface area (Å²) in [5, 5.41) is 11.2. The smallest absolute Gasteiger partial charge is 0.264 e. The highest BCUT2D eigenvalue weighted by molar-refractivity contribution is 6.11. The van der Waals surface area contributed by atoms with E-state index in [4.69, 9.17) is 0 Å². The summed E-state index contributed by atoms with van der Waals surface area (Å²) in [7, 11) is 0. The number of nitrogens with zero attached hydrogens (tertiary/aromatic N) is 1. The molecule has 0 spiro atoms. The highest BCUT2D eigenvalue weighted by atomic mass is 16.3. The predicted molar refractivity (Wildman–Crippen MR) is 97.8 cm³/mol. The maximum absolute atomic E-state index is 13.0. The number of rotatable bonds is 4. The Morgan fingerprint density at radius 2 is 1.84 bits per heavy atom. The average molecular weight is 337 g/mol. The molecule has 1 atom stereocenters. The summed E-state index contributed by atoms with van der Waals surface area (Å²) in [6, 6.07) is 12.7. The van der Waals surface area contributed by atoms with Crippen LogP contribution in [0, 0.1) is 13.8 Å². The summed E-state index contributed by atoms with van der Waals surface area (Å²) in [6.07, 6.45) is -0.254. The molecule has 25 heavy (non-hydrogen) atoms. The molecular formula is C21H23NO3. The number of fused-ring (bicyclic) bond motifs is 1. The minimum Gasteiger partial charge on any atom is -0.375 e. The topological polar surface area (TPSA) is 57.6 Å². The molecule has 0 fully saturated rings. The van der Waals surface area contributed by atoms with Gasteiger partial charge in [-0.2, -0.15) is 0 Å². The summed E-state index contributed by atoms with van der Waals surface area (Å²) < 4.78 is 0. The van der Waals surface area contributed by atoms with Crippen molar-refractivity contribution in [2.75, 3.05) is 4.90 Å². The number of benzene rings is 2. The molecule has 0 aliphatic carbocycles. The Hall–Kier alpha value is -2.46. The first-order chi connectivity index (χ1) is 11.8. The van der Waals surface area contributed by atoms with Gasteiger partial charge in [-0.1, -0.05) is 35.9 Å². The molecule has 2 aromatic rings. The van der Waals surface area contributed by atoms with Crippen molar-refractivity contribution in [3.63, 3.8) is 0 Å². The van der Waals surface area contributed by atoms with Crippen LogP contribution in [0.3, 0.4) is 0 Å². The molecule has 0 radical (unpaired) electrons. The fraction of sp³-hybridized carbons (Fsp3) is 0.333. The van der Waals surface area contributed by atoms with Crippen LogP contribution < -0.4 is 4.90 Å². The molecule has 0 saturated heterocycles. The maximum atomic E-state index is 13.0. The van der Waals surface area contributed by atoms with Crippen molar-refractivity contribution in [1.29, 1.82) is 0 Å². The van der Waals surface area contributed by atoms with Gasteiger partial charge in [-0.25, -0.2) is 0 Å². The van der Waals surface area contributed by atoms with Crippen molar-refractivity contribution in [2.45, 2.75) is 45.8 Å². The van der Waals surface area contributed by atoms with E-state index < -0.39 is 11.5 Å². The quantitative estimate of drug-likeness (QED) is 0.869. The van der Waals surface area contributed by atoms with Crippen LogP contribution >= 0.6 is 0 Å². The number of Topliss-reactive ketones (excluding diaryl/α,β-unsaturated/α-hetero) is 1. The largest absolute Gasteiger partial charge is 0.375 e. The molecule has 0 bridgehead atoms. The molecule has 3 rings (SSSR count). The Bertz CT molecular complexity index is 856. The average Bonchev–Trinajstić information content (AvgIpc) is 2.78. The van der Waals surface area contributed by atoms with Crippen LogP contribution in [0.15, 0.2) is 42.5 Å². The van der Waals surface area contributed by atoms with Gasteiger partial charge in [-0.05, 0) is 45.4 Å². The summed E-state index contributed by atoms with van der Waals surface area (Å²) >= 11 is 0. The molecule has 1 N–H and O–H groups in total. The number of hydrogen-bond donors (Lipinski definition) is 1. The molecule has 4 nitrogen and oxygen atoms in total. The van der Waals surface area contributed by atoms with E-state index in [0.29, 0.717) is 16.8 Å². The van der Waals surface area contributed by atoms with Gasteiger partial charge in [-0.3, -0.25) is 9.59 Å². The molecule has 4 heteroatoms. The van der Waals surface area contributed by atoms with Gasteiger partial charge in [0.05, 0.1) is 12.1 Å². The first-order valence-corrected chi connectivity index (χ1v) is 8.51. The number of carbonyl (C=O) groups excluding carboxylic acids is 2. The van der Waals surface area contributed by atoms with Crippen molar-refractivity contribution in [3.8, 4) is 0 Å². The third-order valence-corrected chi connectivity index (χ3v) is 4.81. The fourth-order valence-corrected chi connectivity index (χ4v) is 3.50. The molecule has 130 valence electrons. The fourth-order valence-electron chi connectivity index (χ4n) is 3.50. The molecule has 0 aromatic heterocycles. The van der Waals surface area contributed by atoms with Crippen molar-refractivity contribution < 1.29 is 14.7 Å². The van der Waals surface area contributed by atoms with Gasteiger partial charge < -0.3 is 10.0 Å².